The van der Waals surface area contributed by atoms with Gasteiger partial charge in [-0.2, -0.15) is 0 Å². The molecule has 0 aliphatic carbocycles. The van der Waals surface area contributed by atoms with Gasteiger partial charge in [0.05, 0.1) is 21.3 Å². The maximum atomic E-state index is 12.1. The van der Waals surface area contributed by atoms with Crippen LogP contribution in [0.3, 0.4) is 0 Å². The Morgan fingerprint density at radius 1 is 1.03 bits per heavy atom. The lowest BCUT2D eigenvalue weighted by Crippen LogP contribution is -2.30. The smallest absolute Gasteiger partial charge is 0.325 e. The van der Waals surface area contributed by atoms with Crippen LogP contribution in [0.5, 0.6) is 17.2 Å². The van der Waals surface area contributed by atoms with Crippen molar-refractivity contribution >= 4 is 16.9 Å². The number of likely N-dealkylation sites (N-methyl/N-ethyl adjacent to an activating group) is 1. The van der Waals surface area contributed by atoms with Crippen molar-refractivity contribution in [2.24, 2.45) is 0 Å². The Bertz CT molecular complexity index is 1020. The zero-order valence-electron chi connectivity index (χ0n) is 16.9. The predicted molar refractivity (Wildman–Crippen MR) is 110 cm³/mol. The monoisotopic (exact) mass is 396 g/mol. The highest BCUT2D eigenvalue weighted by Gasteiger charge is 2.26. The van der Waals surface area contributed by atoms with Crippen molar-refractivity contribution in [2.75, 3.05) is 28.4 Å². The van der Waals surface area contributed by atoms with Crippen LogP contribution in [-0.2, 0) is 11.3 Å². The second-order valence-corrected chi connectivity index (χ2v) is 6.60. The summed E-state index contributed by atoms with van der Waals surface area (Å²) in [6, 6.07) is 11.9. The number of aliphatic carboxylic acids is 1. The van der Waals surface area contributed by atoms with Crippen molar-refractivity contribution in [1.29, 1.82) is 0 Å². The Kier molecular flexibility index (Phi) is 6.19. The lowest BCUT2D eigenvalue weighted by molar-refractivity contribution is -0.143. The maximum Gasteiger partial charge on any atom is 0.325 e. The topological polar surface area (TPSA) is 81.1 Å². The first-order chi connectivity index (χ1) is 14.0. The first-order valence-electron chi connectivity index (χ1n) is 9.05. The number of carboxylic acids is 1. The third-order valence-electron chi connectivity index (χ3n) is 4.86. The van der Waals surface area contributed by atoms with Gasteiger partial charge in [-0.1, -0.05) is 18.2 Å². The summed E-state index contributed by atoms with van der Waals surface area (Å²) in [4.78, 5) is 18.3. The van der Waals surface area contributed by atoms with Gasteiger partial charge < -0.3 is 19.3 Å². The normalized spacial score (nSPS) is 12.0. The molecule has 0 spiro atoms. The van der Waals surface area contributed by atoms with E-state index in [9.17, 15) is 9.90 Å². The van der Waals surface area contributed by atoms with Crippen LogP contribution in [0, 0.1) is 0 Å². The van der Waals surface area contributed by atoms with Crippen LogP contribution in [0.2, 0.25) is 0 Å². The van der Waals surface area contributed by atoms with Crippen LogP contribution in [0.25, 0.3) is 10.9 Å². The highest BCUT2D eigenvalue weighted by molar-refractivity contribution is 5.87. The first-order valence-corrected chi connectivity index (χ1v) is 9.05. The minimum Gasteiger partial charge on any atom is -0.494 e. The van der Waals surface area contributed by atoms with Gasteiger partial charge in [-0.25, -0.2) is 0 Å². The molecule has 29 heavy (non-hydrogen) atoms. The van der Waals surface area contributed by atoms with Crippen molar-refractivity contribution in [2.45, 2.75) is 12.6 Å². The van der Waals surface area contributed by atoms with Crippen LogP contribution in [-0.4, -0.2) is 49.3 Å². The van der Waals surface area contributed by atoms with E-state index in [1.54, 1.807) is 50.6 Å². The number of carboxylic acid groups (broad SMARTS) is 1. The fourth-order valence-electron chi connectivity index (χ4n) is 3.48. The Hall–Kier alpha value is -3.32. The summed E-state index contributed by atoms with van der Waals surface area (Å²) >= 11 is 0. The molecule has 3 rings (SSSR count). The van der Waals surface area contributed by atoms with E-state index in [4.69, 9.17) is 14.2 Å². The predicted octanol–water partition coefficient (Wildman–Crippen LogP) is 3.52. The number of ether oxygens (including phenoxy) is 3. The van der Waals surface area contributed by atoms with Crippen LogP contribution in [0.4, 0.5) is 0 Å². The molecule has 0 saturated carbocycles. The largest absolute Gasteiger partial charge is 0.494 e. The molecule has 152 valence electrons. The number of methoxy groups -OCH3 is 3. The fourth-order valence-corrected chi connectivity index (χ4v) is 3.48. The van der Waals surface area contributed by atoms with Gasteiger partial charge in [0, 0.05) is 18.1 Å². The molecule has 0 fully saturated rings. The number of hydrogen-bond acceptors (Lipinski definition) is 6. The summed E-state index contributed by atoms with van der Waals surface area (Å²) in [5.41, 5.74) is 2.32. The first kappa shape index (κ1) is 20.4. The standard InChI is InChI=1S/C22H24N2O5/c1-24(13-15-8-10-18(28-3)20-16(15)6-5-11-23-20)21(22(25)26)14-7-9-17(27-2)19(12-14)29-4/h5-12,21H,13H2,1-4H3,(H,25,26). The molecule has 3 aromatic rings. The van der Waals surface area contributed by atoms with E-state index in [0.717, 1.165) is 16.5 Å². The number of pyridine rings is 1. The Labute approximate surface area is 169 Å². The molecule has 0 bridgehead atoms. The second kappa shape index (κ2) is 8.79. The molecule has 7 nitrogen and oxygen atoms in total. The van der Waals surface area contributed by atoms with Crippen molar-refractivity contribution in [3.8, 4) is 17.2 Å². The summed E-state index contributed by atoms with van der Waals surface area (Å²) in [7, 11) is 6.45. The number of rotatable bonds is 8. The average molecular weight is 396 g/mol. The number of benzene rings is 2. The van der Waals surface area contributed by atoms with Gasteiger partial charge in [0.15, 0.2) is 11.5 Å². The maximum absolute atomic E-state index is 12.1. The number of fused-ring (bicyclic) bond motifs is 1. The average Bonchev–Trinajstić information content (AvgIpc) is 2.73. The fraction of sp³-hybridized carbons (Fsp3) is 0.273. The molecule has 1 aromatic heterocycles. The Morgan fingerprint density at radius 3 is 2.38 bits per heavy atom. The zero-order chi connectivity index (χ0) is 21.0. The number of aromatic nitrogens is 1. The third kappa shape index (κ3) is 4.09. The molecule has 0 amide bonds. The number of hydrogen-bond donors (Lipinski definition) is 1. The zero-order valence-corrected chi connectivity index (χ0v) is 16.9. The molecule has 0 saturated heterocycles. The van der Waals surface area contributed by atoms with E-state index in [1.807, 2.05) is 24.3 Å². The quantitative estimate of drug-likeness (QED) is 0.624. The van der Waals surface area contributed by atoms with Crippen molar-refractivity contribution in [1.82, 2.24) is 9.88 Å². The molecule has 0 aliphatic heterocycles. The minimum absolute atomic E-state index is 0.414. The van der Waals surface area contributed by atoms with Crippen molar-refractivity contribution in [3.63, 3.8) is 0 Å². The van der Waals surface area contributed by atoms with E-state index in [1.165, 1.54) is 7.11 Å². The highest BCUT2D eigenvalue weighted by atomic mass is 16.5. The van der Waals surface area contributed by atoms with Crippen LogP contribution >= 0.6 is 0 Å². The van der Waals surface area contributed by atoms with Gasteiger partial charge in [-0.15, -0.1) is 0 Å². The molecular weight excluding hydrogens is 372 g/mol. The van der Waals surface area contributed by atoms with E-state index >= 15 is 0 Å². The van der Waals surface area contributed by atoms with E-state index < -0.39 is 12.0 Å². The molecule has 1 heterocycles. The Morgan fingerprint density at radius 2 is 1.72 bits per heavy atom. The van der Waals surface area contributed by atoms with E-state index in [-0.39, 0.29) is 0 Å². The lowest BCUT2D eigenvalue weighted by Gasteiger charge is -2.26. The Balaban J connectivity index is 1.97. The second-order valence-electron chi connectivity index (χ2n) is 6.60. The lowest BCUT2D eigenvalue weighted by atomic mass is 10.0. The summed E-state index contributed by atoms with van der Waals surface area (Å²) in [6.07, 6.45) is 1.71. The van der Waals surface area contributed by atoms with Crippen molar-refractivity contribution < 1.29 is 24.1 Å². The molecule has 1 N–H and O–H groups in total. The van der Waals surface area contributed by atoms with Gasteiger partial charge in [0.25, 0.3) is 0 Å². The summed E-state index contributed by atoms with van der Waals surface area (Å²) in [5.74, 6) is 0.774. The van der Waals surface area contributed by atoms with Gasteiger partial charge >= 0.3 is 5.97 Å². The SMILES string of the molecule is COc1ccc(C(C(=O)O)N(C)Cc2ccc(OC)c3ncccc23)cc1OC. The molecule has 1 unspecified atom stereocenters. The summed E-state index contributed by atoms with van der Waals surface area (Å²) in [6.45, 7) is 0.414. The van der Waals surface area contributed by atoms with Gasteiger partial charge in [-0.05, 0) is 42.4 Å². The van der Waals surface area contributed by atoms with Gasteiger partial charge in [0.2, 0.25) is 0 Å². The van der Waals surface area contributed by atoms with E-state index in [2.05, 4.69) is 4.98 Å². The summed E-state index contributed by atoms with van der Waals surface area (Å²) in [5, 5.41) is 10.8. The van der Waals surface area contributed by atoms with Crippen LogP contribution < -0.4 is 14.2 Å². The molecule has 0 radical (unpaired) electrons. The summed E-state index contributed by atoms with van der Waals surface area (Å²) < 4.78 is 16.0. The number of carbonyl (C=O) groups is 1. The van der Waals surface area contributed by atoms with Gasteiger partial charge in [-0.3, -0.25) is 14.7 Å². The van der Waals surface area contributed by atoms with Crippen LogP contribution in [0.1, 0.15) is 17.2 Å². The molecule has 2 aromatic carbocycles. The minimum atomic E-state index is -0.948. The van der Waals surface area contributed by atoms with Gasteiger partial charge in [0.1, 0.15) is 17.3 Å². The molecule has 7 heteroatoms. The number of nitrogens with zero attached hydrogens (tertiary/aromatic N) is 2. The highest BCUT2D eigenvalue weighted by Crippen LogP contribution is 2.33. The van der Waals surface area contributed by atoms with Crippen molar-refractivity contribution in [3.05, 3.63) is 59.8 Å². The van der Waals surface area contributed by atoms with E-state index in [0.29, 0.717) is 29.4 Å². The molecule has 1 atom stereocenters. The molecular formula is C22H24N2O5. The van der Waals surface area contributed by atoms with Crippen LogP contribution in [0.15, 0.2) is 48.7 Å². The molecule has 0 aliphatic rings. The third-order valence-corrected chi connectivity index (χ3v) is 4.86.